The summed E-state index contributed by atoms with van der Waals surface area (Å²) in [7, 11) is 0. The maximum absolute atomic E-state index is 13.5. The van der Waals surface area contributed by atoms with Crippen LogP contribution in [0.15, 0.2) is 29.0 Å². The molecule has 0 saturated heterocycles. The van der Waals surface area contributed by atoms with Crippen molar-refractivity contribution in [3.05, 3.63) is 46.3 Å². The molecule has 0 aliphatic carbocycles. The minimum Gasteiger partial charge on any atom is -0.434 e. The summed E-state index contributed by atoms with van der Waals surface area (Å²) >= 11 is 3.02. The zero-order valence-electron chi connectivity index (χ0n) is 9.32. The number of rotatable bonds is 3. The van der Waals surface area contributed by atoms with Crippen LogP contribution in [0.5, 0.6) is 11.6 Å². The van der Waals surface area contributed by atoms with Gasteiger partial charge in [-0.3, -0.25) is 5.41 Å². The first-order valence-electron chi connectivity index (χ1n) is 4.97. The van der Waals surface area contributed by atoms with Crippen molar-refractivity contribution in [3.63, 3.8) is 0 Å². The van der Waals surface area contributed by atoms with E-state index in [4.69, 9.17) is 15.9 Å². The molecule has 0 atom stereocenters. The average Bonchev–Trinajstić information content (AvgIpc) is 2.35. The Balaban J connectivity index is 2.45. The smallest absolute Gasteiger partial charge is 0.249 e. The molecule has 0 aliphatic heterocycles. The van der Waals surface area contributed by atoms with Crippen molar-refractivity contribution in [1.82, 2.24) is 9.97 Å². The molecule has 0 amide bonds. The lowest BCUT2D eigenvalue weighted by Gasteiger charge is -2.09. The lowest BCUT2D eigenvalue weighted by atomic mass is 10.3. The summed E-state index contributed by atoms with van der Waals surface area (Å²) in [5.74, 6) is -3.18. The van der Waals surface area contributed by atoms with E-state index < -0.39 is 11.6 Å². The summed E-state index contributed by atoms with van der Waals surface area (Å²) in [5.41, 5.74) is 5.24. The normalized spacial score (nSPS) is 10.3. The highest BCUT2D eigenvalue weighted by atomic mass is 79.9. The third-order valence-corrected chi connectivity index (χ3v) is 2.54. The quantitative estimate of drug-likeness (QED) is 0.515. The van der Waals surface area contributed by atoms with Crippen molar-refractivity contribution < 1.29 is 13.5 Å². The third-order valence-electron chi connectivity index (χ3n) is 2.09. The van der Waals surface area contributed by atoms with Crippen molar-refractivity contribution in [3.8, 4) is 11.6 Å². The summed E-state index contributed by atoms with van der Waals surface area (Å²) < 4.78 is 32.2. The SMILES string of the molecule is N=C(N)c1nccnc1Oc1cc(Br)cc(F)c1F. The van der Waals surface area contributed by atoms with Gasteiger partial charge in [0.25, 0.3) is 0 Å². The maximum atomic E-state index is 13.5. The van der Waals surface area contributed by atoms with E-state index >= 15 is 0 Å². The van der Waals surface area contributed by atoms with Gasteiger partial charge in [-0.2, -0.15) is 4.39 Å². The fraction of sp³-hybridized carbons (Fsp3) is 0. The van der Waals surface area contributed by atoms with Gasteiger partial charge in [-0.1, -0.05) is 15.9 Å². The molecule has 1 aromatic heterocycles. The van der Waals surface area contributed by atoms with Crippen molar-refractivity contribution in [2.24, 2.45) is 5.73 Å². The highest BCUT2D eigenvalue weighted by Gasteiger charge is 2.16. The van der Waals surface area contributed by atoms with Gasteiger partial charge in [-0.25, -0.2) is 14.4 Å². The number of nitrogens with zero attached hydrogens (tertiary/aromatic N) is 2. The number of nitrogen functional groups attached to an aromatic ring is 1. The van der Waals surface area contributed by atoms with Crippen LogP contribution in [0.1, 0.15) is 5.69 Å². The predicted octanol–water partition coefficient (Wildman–Crippen LogP) is 2.59. The first kappa shape index (κ1) is 13.3. The zero-order chi connectivity index (χ0) is 14.0. The van der Waals surface area contributed by atoms with E-state index in [2.05, 4.69) is 25.9 Å². The van der Waals surface area contributed by atoms with Gasteiger partial charge in [-0.05, 0) is 12.1 Å². The summed E-state index contributed by atoms with van der Waals surface area (Å²) in [5, 5.41) is 7.30. The van der Waals surface area contributed by atoms with E-state index in [1.807, 2.05) is 0 Å². The van der Waals surface area contributed by atoms with Gasteiger partial charge in [-0.15, -0.1) is 0 Å². The van der Waals surface area contributed by atoms with E-state index in [9.17, 15) is 8.78 Å². The number of benzene rings is 1. The van der Waals surface area contributed by atoms with Gasteiger partial charge in [0.1, 0.15) is 5.84 Å². The van der Waals surface area contributed by atoms with Crippen LogP contribution in [-0.2, 0) is 0 Å². The molecule has 0 unspecified atom stereocenters. The molecule has 2 rings (SSSR count). The van der Waals surface area contributed by atoms with Gasteiger partial charge < -0.3 is 10.5 Å². The van der Waals surface area contributed by atoms with E-state index in [1.165, 1.54) is 18.5 Å². The highest BCUT2D eigenvalue weighted by molar-refractivity contribution is 9.10. The van der Waals surface area contributed by atoms with E-state index in [1.54, 1.807) is 0 Å². The predicted molar refractivity (Wildman–Crippen MR) is 67.2 cm³/mol. The molecule has 98 valence electrons. The molecule has 5 nitrogen and oxygen atoms in total. The molecule has 2 aromatic rings. The van der Waals surface area contributed by atoms with Crippen LogP contribution in [0.3, 0.4) is 0 Å². The third kappa shape index (κ3) is 2.84. The van der Waals surface area contributed by atoms with Gasteiger partial charge in [0.15, 0.2) is 17.3 Å². The van der Waals surface area contributed by atoms with Crippen molar-refractivity contribution >= 4 is 21.8 Å². The Hall–Kier alpha value is -2.09. The van der Waals surface area contributed by atoms with Crippen molar-refractivity contribution in [1.29, 1.82) is 5.41 Å². The molecule has 8 heteroatoms. The Morgan fingerprint density at radius 3 is 2.63 bits per heavy atom. The first-order valence-corrected chi connectivity index (χ1v) is 5.76. The van der Waals surface area contributed by atoms with Gasteiger partial charge in [0, 0.05) is 16.9 Å². The molecular weight excluding hydrogens is 322 g/mol. The van der Waals surface area contributed by atoms with Crippen molar-refractivity contribution in [2.75, 3.05) is 0 Å². The van der Waals surface area contributed by atoms with Crippen LogP contribution in [0.4, 0.5) is 8.78 Å². The zero-order valence-corrected chi connectivity index (χ0v) is 10.9. The van der Waals surface area contributed by atoms with Crippen LogP contribution in [0.25, 0.3) is 0 Å². The lowest BCUT2D eigenvalue weighted by Crippen LogP contribution is -2.15. The Kier molecular flexibility index (Phi) is 3.70. The Bertz CT molecular complexity index is 651. The number of aromatic nitrogens is 2. The number of nitrogens with two attached hydrogens (primary N) is 1. The largest absolute Gasteiger partial charge is 0.434 e. The molecule has 19 heavy (non-hydrogen) atoms. The highest BCUT2D eigenvalue weighted by Crippen LogP contribution is 2.29. The summed E-state index contributed by atoms with van der Waals surface area (Å²) in [6.45, 7) is 0. The Morgan fingerprint density at radius 2 is 1.95 bits per heavy atom. The topological polar surface area (TPSA) is 84.9 Å². The lowest BCUT2D eigenvalue weighted by molar-refractivity contribution is 0.402. The summed E-state index contributed by atoms with van der Waals surface area (Å²) in [6, 6.07) is 2.20. The van der Waals surface area contributed by atoms with Crippen LogP contribution < -0.4 is 10.5 Å². The minimum atomic E-state index is -1.16. The molecule has 0 radical (unpaired) electrons. The standard InChI is InChI=1S/C11H7BrF2N4O/c12-5-3-6(13)8(14)7(4-5)19-11-9(10(15)16)17-1-2-18-11/h1-4H,(H3,15,16). The van der Waals surface area contributed by atoms with Gasteiger partial charge in [0.05, 0.1) is 0 Å². The van der Waals surface area contributed by atoms with E-state index in [0.29, 0.717) is 4.47 Å². The molecule has 0 bridgehead atoms. The molecule has 3 N–H and O–H groups in total. The second-order valence-electron chi connectivity index (χ2n) is 3.43. The van der Waals surface area contributed by atoms with Gasteiger partial charge >= 0.3 is 0 Å². The fourth-order valence-electron chi connectivity index (χ4n) is 1.30. The fourth-order valence-corrected chi connectivity index (χ4v) is 1.70. The molecular formula is C11H7BrF2N4O. The maximum Gasteiger partial charge on any atom is 0.249 e. The average molecular weight is 329 g/mol. The molecule has 0 aliphatic rings. The number of halogens is 3. The Morgan fingerprint density at radius 1 is 1.26 bits per heavy atom. The number of hydrogen-bond donors (Lipinski definition) is 2. The molecule has 1 aromatic carbocycles. The summed E-state index contributed by atoms with van der Waals surface area (Å²) in [6.07, 6.45) is 2.59. The molecule has 0 spiro atoms. The molecule has 0 fully saturated rings. The second kappa shape index (κ2) is 5.27. The number of hydrogen-bond acceptors (Lipinski definition) is 4. The first-order chi connectivity index (χ1) is 8.99. The Labute approximate surface area is 115 Å². The van der Waals surface area contributed by atoms with Crippen LogP contribution in [0.2, 0.25) is 0 Å². The summed E-state index contributed by atoms with van der Waals surface area (Å²) in [4.78, 5) is 7.57. The van der Waals surface area contributed by atoms with Crippen LogP contribution in [0, 0.1) is 17.0 Å². The second-order valence-corrected chi connectivity index (χ2v) is 4.34. The van der Waals surface area contributed by atoms with Crippen molar-refractivity contribution in [2.45, 2.75) is 0 Å². The minimum absolute atomic E-state index is 0.0534. The number of nitrogens with one attached hydrogen (secondary N) is 1. The van der Waals surface area contributed by atoms with E-state index in [0.717, 1.165) is 6.07 Å². The number of ether oxygens (including phenoxy) is 1. The molecule has 0 saturated carbocycles. The monoisotopic (exact) mass is 328 g/mol. The van der Waals surface area contributed by atoms with E-state index in [-0.39, 0.29) is 23.2 Å². The number of amidine groups is 1. The van der Waals surface area contributed by atoms with Crippen LogP contribution >= 0.6 is 15.9 Å². The van der Waals surface area contributed by atoms with Gasteiger partial charge in [0.2, 0.25) is 11.7 Å². The molecule has 1 heterocycles. The van der Waals surface area contributed by atoms with Crippen LogP contribution in [-0.4, -0.2) is 15.8 Å².